The molecule has 2 aromatic heterocycles. The van der Waals surface area contributed by atoms with E-state index in [1.54, 1.807) is 18.1 Å². The van der Waals surface area contributed by atoms with Gasteiger partial charge in [-0.15, -0.1) is 0 Å². The van der Waals surface area contributed by atoms with E-state index in [1.807, 2.05) is 16.9 Å². The second kappa shape index (κ2) is 5.35. The van der Waals surface area contributed by atoms with Gasteiger partial charge in [-0.3, -0.25) is 9.48 Å². The fourth-order valence-electron chi connectivity index (χ4n) is 1.66. The number of rotatable bonds is 5. The zero-order valence-corrected chi connectivity index (χ0v) is 10.1. The average Bonchev–Trinajstić information content (AvgIpc) is 2.99. The largest absolute Gasteiger partial charge is 0.340 e. The van der Waals surface area contributed by atoms with E-state index in [0.717, 1.165) is 13.0 Å². The lowest BCUT2D eigenvalue weighted by Gasteiger charge is -2.15. The van der Waals surface area contributed by atoms with Crippen LogP contribution in [0.3, 0.4) is 0 Å². The van der Waals surface area contributed by atoms with Gasteiger partial charge in [-0.2, -0.15) is 5.10 Å². The summed E-state index contributed by atoms with van der Waals surface area (Å²) < 4.78 is 1.82. The predicted molar refractivity (Wildman–Crippen MR) is 65.2 cm³/mol. The van der Waals surface area contributed by atoms with Crippen LogP contribution in [0.15, 0.2) is 29.5 Å². The van der Waals surface area contributed by atoms with Gasteiger partial charge in [0.15, 0.2) is 0 Å². The van der Waals surface area contributed by atoms with Crippen molar-refractivity contribution in [1.29, 1.82) is 0 Å². The smallest absolute Gasteiger partial charge is 0.323 e. The number of carbonyl (C=O) groups excluding carboxylic acids is 1. The maximum atomic E-state index is 11.9. The molecule has 7 heteroatoms. The summed E-state index contributed by atoms with van der Waals surface area (Å²) in [5, 5.41) is 4.08. The number of carbonyl (C=O) groups is 1. The van der Waals surface area contributed by atoms with Gasteiger partial charge in [0, 0.05) is 38.7 Å². The van der Waals surface area contributed by atoms with Crippen LogP contribution in [0.4, 0.5) is 0 Å². The Kier molecular flexibility index (Phi) is 3.61. The van der Waals surface area contributed by atoms with E-state index in [-0.39, 0.29) is 17.3 Å². The number of imidazole rings is 1. The molecule has 0 aliphatic carbocycles. The van der Waals surface area contributed by atoms with Crippen molar-refractivity contribution in [3.63, 3.8) is 0 Å². The van der Waals surface area contributed by atoms with Gasteiger partial charge in [0.25, 0.3) is 5.91 Å². The first-order chi connectivity index (χ1) is 8.66. The molecule has 0 bridgehead atoms. The van der Waals surface area contributed by atoms with Crippen molar-refractivity contribution in [1.82, 2.24) is 24.6 Å². The minimum absolute atomic E-state index is 0.200. The van der Waals surface area contributed by atoms with E-state index in [0.29, 0.717) is 6.54 Å². The van der Waals surface area contributed by atoms with Gasteiger partial charge in [0.2, 0.25) is 0 Å². The van der Waals surface area contributed by atoms with Gasteiger partial charge in [-0.05, 0) is 12.5 Å². The molecule has 0 saturated heterocycles. The minimum Gasteiger partial charge on any atom is -0.340 e. The second-order valence-electron chi connectivity index (χ2n) is 4.01. The van der Waals surface area contributed by atoms with Crippen molar-refractivity contribution in [2.24, 2.45) is 0 Å². The van der Waals surface area contributed by atoms with Crippen molar-refractivity contribution >= 4 is 5.91 Å². The highest BCUT2D eigenvalue weighted by molar-refractivity contribution is 5.91. The van der Waals surface area contributed by atoms with E-state index in [1.165, 1.54) is 6.20 Å². The highest BCUT2D eigenvalue weighted by Gasteiger charge is 2.12. The lowest BCUT2D eigenvalue weighted by Crippen LogP contribution is -2.29. The van der Waals surface area contributed by atoms with Gasteiger partial charge in [0.1, 0.15) is 5.69 Å². The average molecular weight is 249 g/mol. The molecule has 0 aliphatic heterocycles. The van der Waals surface area contributed by atoms with Gasteiger partial charge in [0.05, 0.1) is 0 Å². The molecule has 0 spiro atoms. The third kappa shape index (κ3) is 2.88. The third-order valence-corrected chi connectivity index (χ3v) is 2.61. The minimum atomic E-state index is -0.372. The highest BCUT2D eigenvalue weighted by Crippen LogP contribution is 1.98. The van der Waals surface area contributed by atoms with Gasteiger partial charge in [-0.1, -0.05) is 0 Å². The van der Waals surface area contributed by atoms with E-state index in [9.17, 15) is 9.59 Å². The third-order valence-electron chi connectivity index (χ3n) is 2.61. The first-order valence-electron chi connectivity index (χ1n) is 5.67. The first-order valence-corrected chi connectivity index (χ1v) is 5.67. The molecule has 0 aliphatic rings. The molecule has 0 atom stereocenters. The lowest BCUT2D eigenvalue weighted by molar-refractivity contribution is 0.0786. The molecule has 0 fully saturated rings. The molecule has 2 rings (SSSR count). The Hall–Kier alpha value is -2.31. The topological polar surface area (TPSA) is 86.8 Å². The second-order valence-corrected chi connectivity index (χ2v) is 4.01. The van der Waals surface area contributed by atoms with Crippen LogP contribution in [-0.4, -0.2) is 44.1 Å². The summed E-state index contributed by atoms with van der Waals surface area (Å²) in [4.78, 5) is 29.2. The molecular formula is C11H15N5O2. The van der Waals surface area contributed by atoms with Crippen LogP contribution < -0.4 is 5.69 Å². The molecule has 0 aromatic carbocycles. The molecular weight excluding hydrogens is 234 g/mol. The van der Waals surface area contributed by atoms with Crippen LogP contribution in [0.2, 0.25) is 0 Å². The number of hydrogen-bond donors (Lipinski definition) is 2. The molecule has 0 radical (unpaired) electrons. The molecule has 7 nitrogen and oxygen atoms in total. The number of nitrogens with zero attached hydrogens (tertiary/aromatic N) is 3. The Bertz CT molecular complexity index is 554. The highest BCUT2D eigenvalue weighted by atomic mass is 16.2. The van der Waals surface area contributed by atoms with Crippen molar-refractivity contribution in [3.8, 4) is 0 Å². The van der Waals surface area contributed by atoms with Crippen molar-refractivity contribution in [3.05, 3.63) is 40.8 Å². The summed E-state index contributed by atoms with van der Waals surface area (Å²) in [5.41, 5.74) is -0.0927. The van der Waals surface area contributed by atoms with Gasteiger partial charge >= 0.3 is 5.69 Å². The van der Waals surface area contributed by atoms with Crippen LogP contribution in [0.5, 0.6) is 0 Å². The van der Waals surface area contributed by atoms with Crippen molar-refractivity contribution < 1.29 is 4.79 Å². The number of aromatic nitrogens is 4. The standard InChI is InChI=1S/C11H15N5O2/c1-15(5-3-7-16-6-2-4-13-16)10(17)9-8-12-11(18)14-9/h2,4,6,8H,3,5,7H2,1H3,(H2,12,14,18). The molecule has 0 unspecified atom stereocenters. The SMILES string of the molecule is CN(CCCn1cccn1)C(=O)c1c[nH]c(=O)[nH]1. The molecule has 2 aromatic rings. The van der Waals surface area contributed by atoms with Crippen LogP contribution in [-0.2, 0) is 6.54 Å². The molecule has 2 N–H and O–H groups in total. The molecule has 18 heavy (non-hydrogen) atoms. The quantitative estimate of drug-likeness (QED) is 0.785. The Morgan fingerprint density at radius 1 is 1.56 bits per heavy atom. The van der Waals surface area contributed by atoms with Crippen LogP contribution in [0.25, 0.3) is 0 Å². The number of hydrogen-bond acceptors (Lipinski definition) is 3. The zero-order chi connectivity index (χ0) is 13.0. The number of nitrogens with one attached hydrogen (secondary N) is 2. The van der Waals surface area contributed by atoms with E-state index in [2.05, 4.69) is 15.1 Å². The Morgan fingerprint density at radius 3 is 3.00 bits per heavy atom. The van der Waals surface area contributed by atoms with E-state index < -0.39 is 0 Å². The van der Waals surface area contributed by atoms with Gasteiger partial charge < -0.3 is 14.9 Å². The Labute approximate surface area is 103 Å². The summed E-state index contributed by atoms with van der Waals surface area (Å²) in [6, 6.07) is 1.86. The lowest BCUT2D eigenvalue weighted by atomic mass is 10.3. The summed E-state index contributed by atoms with van der Waals surface area (Å²) in [6.45, 7) is 1.36. The van der Waals surface area contributed by atoms with E-state index in [4.69, 9.17) is 0 Å². The summed E-state index contributed by atoms with van der Waals surface area (Å²) >= 11 is 0. The van der Waals surface area contributed by atoms with Crippen LogP contribution in [0, 0.1) is 0 Å². The number of aryl methyl sites for hydroxylation is 1. The summed E-state index contributed by atoms with van der Waals surface area (Å²) in [7, 11) is 1.71. The normalized spacial score (nSPS) is 10.5. The molecule has 96 valence electrons. The Morgan fingerprint density at radius 2 is 2.39 bits per heavy atom. The first kappa shape index (κ1) is 12.2. The number of H-pyrrole nitrogens is 2. The fraction of sp³-hybridized carbons (Fsp3) is 0.364. The summed E-state index contributed by atoms with van der Waals surface area (Å²) in [5.74, 6) is -0.200. The van der Waals surface area contributed by atoms with Crippen molar-refractivity contribution in [2.45, 2.75) is 13.0 Å². The number of aromatic amines is 2. The molecule has 1 amide bonds. The molecule has 0 saturated carbocycles. The van der Waals surface area contributed by atoms with Crippen LogP contribution in [0.1, 0.15) is 16.9 Å². The Balaban J connectivity index is 1.82. The molecule has 2 heterocycles. The fourth-order valence-corrected chi connectivity index (χ4v) is 1.66. The zero-order valence-electron chi connectivity index (χ0n) is 10.1. The predicted octanol–water partition coefficient (Wildman–Crippen LogP) is 0.0618. The van der Waals surface area contributed by atoms with Gasteiger partial charge in [-0.25, -0.2) is 4.79 Å². The van der Waals surface area contributed by atoms with Crippen molar-refractivity contribution in [2.75, 3.05) is 13.6 Å². The monoisotopic (exact) mass is 249 g/mol. The summed E-state index contributed by atoms with van der Waals surface area (Å²) in [6.07, 6.45) is 5.79. The maximum absolute atomic E-state index is 11.9. The van der Waals surface area contributed by atoms with E-state index >= 15 is 0 Å². The maximum Gasteiger partial charge on any atom is 0.323 e. The van der Waals surface area contributed by atoms with Crippen LogP contribution >= 0.6 is 0 Å². The number of amides is 1.